The lowest BCUT2D eigenvalue weighted by Gasteiger charge is -2.35. The summed E-state index contributed by atoms with van der Waals surface area (Å²) in [6.45, 7) is 6.55. The molecule has 0 radical (unpaired) electrons. The van der Waals surface area contributed by atoms with Crippen LogP contribution in [0.3, 0.4) is 0 Å². The second-order valence-corrected chi connectivity index (χ2v) is 10.9. The van der Waals surface area contributed by atoms with Gasteiger partial charge in [0.1, 0.15) is 23.0 Å². The summed E-state index contributed by atoms with van der Waals surface area (Å²) in [5, 5.41) is 8.05. The van der Waals surface area contributed by atoms with E-state index < -0.39 is 6.17 Å². The van der Waals surface area contributed by atoms with Gasteiger partial charge in [-0.1, -0.05) is 12.1 Å². The Morgan fingerprint density at radius 3 is 2.64 bits per heavy atom. The van der Waals surface area contributed by atoms with Crippen LogP contribution in [-0.2, 0) is 13.1 Å². The van der Waals surface area contributed by atoms with Crippen LogP contribution in [-0.4, -0.2) is 82.6 Å². The van der Waals surface area contributed by atoms with Gasteiger partial charge in [-0.25, -0.2) is 9.37 Å². The van der Waals surface area contributed by atoms with E-state index in [-0.39, 0.29) is 11.4 Å². The number of nitrogen functional groups attached to an aromatic ring is 1. The third-order valence-electron chi connectivity index (χ3n) is 8.22. The van der Waals surface area contributed by atoms with Crippen molar-refractivity contribution in [2.45, 2.75) is 38.5 Å². The van der Waals surface area contributed by atoms with Crippen LogP contribution in [0, 0.1) is 11.3 Å². The second-order valence-electron chi connectivity index (χ2n) is 10.9. The number of nitrogens with one attached hydrogen (secondary N) is 1. The minimum atomic E-state index is -0.598. The molecular formula is C26H35FN8O. The maximum absolute atomic E-state index is 13.6. The molecule has 3 heterocycles. The van der Waals surface area contributed by atoms with Gasteiger partial charge in [-0.3, -0.25) is 9.58 Å². The Balaban J connectivity index is 1.18. The van der Waals surface area contributed by atoms with E-state index in [1.54, 1.807) is 13.3 Å². The summed E-state index contributed by atoms with van der Waals surface area (Å²) in [5.41, 5.74) is 9.77. The number of hydrogen-bond donors (Lipinski definition) is 2. The van der Waals surface area contributed by atoms with Crippen molar-refractivity contribution in [2.24, 2.45) is 11.3 Å². The molecule has 3 aromatic rings. The highest BCUT2D eigenvalue weighted by molar-refractivity contribution is 5.86. The molecule has 0 amide bonds. The summed E-state index contributed by atoms with van der Waals surface area (Å²) in [6, 6.07) is 6.44. The summed E-state index contributed by atoms with van der Waals surface area (Å²) < 4.78 is 21.2. The predicted octanol–water partition coefficient (Wildman–Crippen LogP) is 2.76. The number of anilines is 2. The zero-order valence-corrected chi connectivity index (χ0v) is 21.1. The van der Waals surface area contributed by atoms with Crippen LogP contribution in [0.1, 0.15) is 30.4 Å². The van der Waals surface area contributed by atoms with Crippen molar-refractivity contribution in [3.05, 3.63) is 35.5 Å². The maximum Gasteiger partial charge on any atom is 0.222 e. The molecule has 3 N–H and O–H groups in total. The van der Waals surface area contributed by atoms with Crippen LogP contribution >= 0.6 is 0 Å². The fourth-order valence-electron chi connectivity index (χ4n) is 5.90. The van der Waals surface area contributed by atoms with Crippen LogP contribution in [0.5, 0.6) is 5.75 Å². The summed E-state index contributed by atoms with van der Waals surface area (Å²) in [7, 11) is 3.88. The normalized spacial score (nSPS) is 26.3. The van der Waals surface area contributed by atoms with Crippen molar-refractivity contribution < 1.29 is 9.13 Å². The molecule has 1 aliphatic heterocycles. The number of hydrogen-bond acceptors (Lipinski definition) is 8. The van der Waals surface area contributed by atoms with E-state index in [0.29, 0.717) is 23.8 Å². The van der Waals surface area contributed by atoms with Crippen LogP contribution in [0.2, 0.25) is 0 Å². The average Bonchev–Trinajstić information content (AvgIpc) is 3.36. The molecule has 1 spiro atoms. The standard InChI is InChI=1S/C26H35FN8O/c1-33-5-7-34(8-6-33)15-17-3-4-19(21(9-17)36-2)16-35-23-20(14-30-35)31-25(28)32-24(23)29-13-18-10-26(11-18)12-22(26)27/h3-4,9,14,18,22H,5-8,10-13,15-16H2,1-2H3,(H3,28,29,31,32). The van der Waals surface area contributed by atoms with E-state index in [1.165, 1.54) is 5.56 Å². The lowest BCUT2D eigenvalue weighted by Crippen LogP contribution is -2.43. The first-order chi connectivity index (χ1) is 17.4. The first-order valence-corrected chi connectivity index (χ1v) is 12.9. The van der Waals surface area contributed by atoms with E-state index >= 15 is 0 Å². The average molecular weight is 495 g/mol. The number of halogens is 1. The number of likely N-dealkylation sites (N-methyl/N-ethyl adjacent to an activating group) is 1. The molecule has 36 heavy (non-hydrogen) atoms. The van der Waals surface area contributed by atoms with Gasteiger partial charge in [0.2, 0.25) is 5.95 Å². The molecule has 1 saturated heterocycles. The second kappa shape index (κ2) is 9.15. The highest BCUT2D eigenvalue weighted by atomic mass is 19.1. The number of piperazine rings is 1. The fourth-order valence-corrected chi connectivity index (χ4v) is 5.90. The van der Waals surface area contributed by atoms with Gasteiger partial charge < -0.3 is 20.7 Å². The van der Waals surface area contributed by atoms with Crippen LogP contribution in [0.15, 0.2) is 24.4 Å². The van der Waals surface area contributed by atoms with E-state index in [9.17, 15) is 4.39 Å². The van der Waals surface area contributed by atoms with Crippen molar-refractivity contribution in [3.63, 3.8) is 0 Å². The van der Waals surface area contributed by atoms with Crippen molar-refractivity contribution >= 4 is 22.8 Å². The SMILES string of the molecule is COc1cc(CN2CCN(C)CC2)ccc1Cn1ncc2nc(N)nc(NCC3CC4(C3)CC4F)c21. The molecular weight excluding hydrogens is 459 g/mol. The summed E-state index contributed by atoms with van der Waals surface area (Å²) >= 11 is 0. The number of nitrogens with two attached hydrogens (primary N) is 1. The Bertz CT molecular complexity index is 1250. The topological polar surface area (TPSA) is 97.4 Å². The summed E-state index contributed by atoms with van der Waals surface area (Å²) in [4.78, 5) is 13.7. The molecule has 1 aromatic carbocycles. The number of nitrogens with zero attached hydrogens (tertiary/aromatic N) is 6. The predicted molar refractivity (Wildman–Crippen MR) is 138 cm³/mol. The molecule has 10 heteroatoms. The number of fused-ring (bicyclic) bond motifs is 1. The summed E-state index contributed by atoms with van der Waals surface area (Å²) in [6.07, 6.45) is 3.75. The molecule has 3 fully saturated rings. The van der Waals surface area contributed by atoms with Crippen LogP contribution in [0.25, 0.3) is 11.0 Å². The third kappa shape index (κ3) is 4.48. The quantitative estimate of drug-likeness (QED) is 0.494. The maximum atomic E-state index is 13.6. The van der Waals surface area contributed by atoms with Crippen molar-refractivity contribution in [2.75, 3.05) is 57.9 Å². The lowest BCUT2D eigenvalue weighted by molar-refractivity contribution is 0.144. The van der Waals surface area contributed by atoms with E-state index in [2.05, 4.69) is 55.4 Å². The van der Waals surface area contributed by atoms with Gasteiger partial charge >= 0.3 is 0 Å². The molecule has 2 aliphatic carbocycles. The number of rotatable bonds is 8. The lowest BCUT2D eigenvalue weighted by atomic mass is 9.71. The number of methoxy groups -OCH3 is 1. The van der Waals surface area contributed by atoms with Gasteiger partial charge in [-0.2, -0.15) is 10.1 Å². The Labute approximate surface area is 210 Å². The third-order valence-corrected chi connectivity index (χ3v) is 8.22. The monoisotopic (exact) mass is 494 g/mol. The highest BCUT2D eigenvalue weighted by Gasteiger charge is 2.62. The van der Waals surface area contributed by atoms with E-state index in [4.69, 9.17) is 10.5 Å². The summed E-state index contributed by atoms with van der Waals surface area (Å²) in [5.74, 6) is 2.20. The molecule has 192 valence electrons. The first kappa shape index (κ1) is 23.4. The van der Waals surface area contributed by atoms with Gasteiger partial charge in [0.15, 0.2) is 5.82 Å². The molecule has 9 nitrogen and oxygen atoms in total. The first-order valence-electron chi connectivity index (χ1n) is 12.9. The van der Waals surface area contributed by atoms with Crippen molar-refractivity contribution in [3.8, 4) is 5.75 Å². The fraction of sp³-hybridized carbons (Fsp3) is 0.577. The van der Waals surface area contributed by atoms with Gasteiger partial charge in [0, 0.05) is 50.2 Å². The van der Waals surface area contributed by atoms with Crippen molar-refractivity contribution in [1.82, 2.24) is 29.5 Å². The van der Waals surface area contributed by atoms with Crippen LogP contribution in [0.4, 0.5) is 16.2 Å². The number of ether oxygens (including phenoxy) is 1. The zero-order chi connectivity index (χ0) is 24.9. The van der Waals surface area contributed by atoms with Gasteiger partial charge in [0.05, 0.1) is 19.9 Å². The van der Waals surface area contributed by atoms with E-state index in [1.807, 2.05) is 4.68 Å². The number of aromatic nitrogens is 4. The zero-order valence-electron chi connectivity index (χ0n) is 21.1. The van der Waals surface area contributed by atoms with Crippen LogP contribution < -0.4 is 15.8 Å². The Morgan fingerprint density at radius 2 is 1.92 bits per heavy atom. The Hall–Kier alpha value is -2.98. The van der Waals surface area contributed by atoms with Gasteiger partial charge in [-0.05, 0) is 43.9 Å². The molecule has 1 unspecified atom stereocenters. The number of benzene rings is 1. The van der Waals surface area contributed by atoms with Crippen molar-refractivity contribution in [1.29, 1.82) is 0 Å². The van der Waals surface area contributed by atoms with Gasteiger partial charge in [-0.15, -0.1) is 0 Å². The molecule has 1 atom stereocenters. The Morgan fingerprint density at radius 1 is 1.14 bits per heavy atom. The molecule has 0 bridgehead atoms. The molecule has 2 saturated carbocycles. The molecule has 2 aromatic heterocycles. The largest absolute Gasteiger partial charge is 0.496 e. The van der Waals surface area contributed by atoms with E-state index in [0.717, 1.165) is 75.4 Å². The smallest absolute Gasteiger partial charge is 0.222 e. The minimum Gasteiger partial charge on any atom is -0.496 e. The highest BCUT2D eigenvalue weighted by Crippen LogP contribution is 2.64. The molecule has 6 rings (SSSR count). The van der Waals surface area contributed by atoms with Gasteiger partial charge in [0.25, 0.3) is 0 Å². The molecule has 3 aliphatic rings. The Kier molecular flexibility index (Phi) is 5.95. The minimum absolute atomic E-state index is 0.0127. The number of alkyl halides is 1.